The summed E-state index contributed by atoms with van der Waals surface area (Å²) in [5.41, 5.74) is 1.28. The first-order valence-corrected chi connectivity index (χ1v) is 7.98. The largest absolute Gasteiger partial charge is 0.489 e. The third kappa shape index (κ3) is 7.49. The molecule has 0 heterocycles. The van der Waals surface area contributed by atoms with E-state index in [1.54, 1.807) is 7.11 Å². The Morgan fingerprint density at radius 2 is 1.67 bits per heavy atom. The van der Waals surface area contributed by atoms with E-state index in [0.29, 0.717) is 11.8 Å². The van der Waals surface area contributed by atoms with Gasteiger partial charge < -0.3 is 14.8 Å². The molecule has 1 unspecified atom stereocenters. The Morgan fingerprint density at radius 3 is 2.19 bits per heavy atom. The Bertz CT molecular complexity index is 373. The highest BCUT2D eigenvalue weighted by Crippen LogP contribution is 2.17. The maximum Gasteiger partial charge on any atom is 0.119 e. The Hall–Kier alpha value is -1.06. The van der Waals surface area contributed by atoms with Gasteiger partial charge in [-0.3, -0.25) is 0 Å². The van der Waals surface area contributed by atoms with Gasteiger partial charge in [0.05, 0.1) is 6.61 Å². The van der Waals surface area contributed by atoms with Crippen LogP contribution in [0.3, 0.4) is 0 Å². The summed E-state index contributed by atoms with van der Waals surface area (Å²) >= 11 is 0. The first-order valence-electron chi connectivity index (χ1n) is 7.98. The van der Waals surface area contributed by atoms with E-state index in [-0.39, 0.29) is 6.10 Å². The number of hydrogen-bond acceptors (Lipinski definition) is 3. The van der Waals surface area contributed by atoms with Crippen LogP contribution in [0.5, 0.6) is 5.75 Å². The number of methoxy groups -OCH3 is 1. The molecule has 1 aromatic rings. The lowest BCUT2D eigenvalue weighted by molar-refractivity contribution is 0.148. The number of ether oxygens (including phenoxy) is 2. The van der Waals surface area contributed by atoms with Gasteiger partial charge in [-0.05, 0) is 42.5 Å². The standard InChI is InChI=1S/C18H31NO2/c1-14(2)12-19-13-18(15(3)4)21-17-8-6-16(7-9-17)10-11-20-5/h6-9,14-15,18-19H,10-13H2,1-5H3. The van der Waals surface area contributed by atoms with E-state index in [2.05, 4.69) is 57.3 Å². The van der Waals surface area contributed by atoms with Crippen LogP contribution in [-0.4, -0.2) is 32.9 Å². The molecule has 1 atom stereocenters. The minimum atomic E-state index is 0.202. The van der Waals surface area contributed by atoms with Crippen molar-refractivity contribution in [2.45, 2.75) is 40.2 Å². The fraction of sp³-hybridized carbons (Fsp3) is 0.667. The molecule has 1 N–H and O–H groups in total. The average Bonchev–Trinajstić information content (AvgIpc) is 2.45. The topological polar surface area (TPSA) is 30.5 Å². The van der Waals surface area contributed by atoms with Crippen LogP contribution < -0.4 is 10.1 Å². The molecule has 120 valence electrons. The molecule has 0 radical (unpaired) electrons. The highest BCUT2D eigenvalue weighted by Gasteiger charge is 2.15. The second kappa shape index (κ2) is 9.80. The van der Waals surface area contributed by atoms with E-state index in [9.17, 15) is 0 Å². The Morgan fingerprint density at radius 1 is 1.00 bits per heavy atom. The van der Waals surface area contributed by atoms with Crippen LogP contribution in [0.15, 0.2) is 24.3 Å². The molecule has 0 aliphatic heterocycles. The fourth-order valence-corrected chi connectivity index (χ4v) is 2.06. The Labute approximate surface area is 130 Å². The molecule has 0 fully saturated rings. The van der Waals surface area contributed by atoms with Gasteiger partial charge in [0, 0.05) is 13.7 Å². The van der Waals surface area contributed by atoms with Gasteiger partial charge in [0.15, 0.2) is 0 Å². The lowest BCUT2D eigenvalue weighted by Gasteiger charge is -2.23. The van der Waals surface area contributed by atoms with Crippen molar-refractivity contribution < 1.29 is 9.47 Å². The van der Waals surface area contributed by atoms with E-state index in [1.807, 2.05) is 0 Å². The molecule has 0 aliphatic rings. The number of nitrogens with one attached hydrogen (secondary N) is 1. The van der Waals surface area contributed by atoms with Crippen LogP contribution >= 0.6 is 0 Å². The first-order chi connectivity index (χ1) is 10.0. The second-order valence-corrected chi connectivity index (χ2v) is 6.34. The van der Waals surface area contributed by atoms with Crippen LogP contribution in [0, 0.1) is 11.8 Å². The van der Waals surface area contributed by atoms with Gasteiger partial charge in [-0.1, -0.05) is 39.8 Å². The molecule has 0 saturated carbocycles. The summed E-state index contributed by atoms with van der Waals surface area (Å²) in [5, 5.41) is 3.48. The zero-order valence-corrected chi connectivity index (χ0v) is 14.2. The summed E-state index contributed by atoms with van der Waals surface area (Å²) in [4.78, 5) is 0. The molecular formula is C18H31NO2. The number of hydrogen-bond donors (Lipinski definition) is 1. The van der Waals surface area contributed by atoms with Gasteiger partial charge in [-0.15, -0.1) is 0 Å². The van der Waals surface area contributed by atoms with Crippen molar-refractivity contribution in [1.29, 1.82) is 0 Å². The smallest absolute Gasteiger partial charge is 0.119 e. The van der Waals surface area contributed by atoms with E-state index >= 15 is 0 Å². The van der Waals surface area contributed by atoms with Crippen molar-refractivity contribution in [3.05, 3.63) is 29.8 Å². The molecule has 21 heavy (non-hydrogen) atoms. The third-order valence-electron chi connectivity index (χ3n) is 3.45. The highest BCUT2D eigenvalue weighted by atomic mass is 16.5. The van der Waals surface area contributed by atoms with Gasteiger partial charge >= 0.3 is 0 Å². The van der Waals surface area contributed by atoms with Gasteiger partial charge in [-0.25, -0.2) is 0 Å². The normalized spacial score (nSPS) is 12.9. The van der Waals surface area contributed by atoms with Crippen molar-refractivity contribution in [2.24, 2.45) is 11.8 Å². The summed E-state index contributed by atoms with van der Waals surface area (Å²) in [7, 11) is 1.73. The second-order valence-electron chi connectivity index (χ2n) is 6.34. The maximum atomic E-state index is 6.12. The summed E-state index contributed by atoms with van der Waals surface area (Å²) < 4.78 is 11.2. The van der Waals surface area contributed by atoms with Gasteiger partial charge in [0.2, 0.25) is 0 Å². The van der Waals surface area contributed by atoms with Crippen molar-refractivity contribution in [2.75, 3.05) is 26.8 Å². The van der Waals surface area contributed by atoms with E-state index in [1.165, 1.54) is 5.56 Å². The monoisotopic (exact) mass is 293 g/mol. The average molecular weight is 293 g/mol. The molecule has 1 aromatic carbocycles. The molecule has 0 bridgehead atoms. The van der Waals surface area contributed by atoms with Crippen molar-refractivity contribution >= 4 is 0 Å². The first kappa shape index (κ1) is 18.0. The van der Waals surface area contributed by atoms with E-state index in [4.69, 9.17) is 9.47 Å². The molecule has 3 heteroatoms. The molecule has 3 nitrogen and oxygen atoms in total. The zero-order chi connectivity index (χ0) is 15.7. The van der Waals surface area contributed by atoms with Crippen LogP contribution in [0.2, 0.25) is 0 Å². The molecule has 0 aliphatic carbocycles. The quantitative estimate of drug-likeness (QED) is 0.716. The third-order valence-corrected chi connectivity index (χ3v) is 3.45. The SMILES string of the molecule is COCCc1ccc(OC(CNCC(C)C)C(C)C)cc1. The maximum absolute atomic E-state index is 6.12. The van der Waals surface area contributed by atoms with Crippen LogP contribution in [0.25, 0.3) is 0 Å². The number of rotatable bonds is 10. The van der Waals surface area contributed by atoms with Gasteiger partial charge in [-0.2, -0.15) is 0 Å². The zero-order valence-electron chi connectivity index (χ0n) is 14.2. The molecular weight excluding hydrogens is 262 g/mol. The number of benzene rings is 1. The van der Waals surface area contributed by atoms with Crippen LogP contribution in [0.1, 0.15) is 33.3 Å². The minimum absolute atomic E-state index is 0.202. The minimum Gasteiger partial charge on any atom is -0.489 e. The van der Waals surface area contributed by atoms with Crippen LogP contribution in [-0.2, 0) is 11.2 Å². The fourth-order valence-electron chi connectivity index (χ4n) is 2.06. The summed E-state index contributed by atoms with van der Waals surface area (Å²) in [6.45, 7) is 11.5. The van der Waals surface area contributed by atoms with Crippen molar-refractivity contribution in [1.82, 2.24) is 5.32 Å². The van der Waals surface area contributed by atoms with Crippen molar-refractivity contribution in [3.63, 3.8) is 0 Å². The van der Waals surface area contributed by atoms with Crippen molar-refractivity contribution in [3.8, 4) is 5.75 Å². The summed E-state index contributed by atoms with van der Waals surface area (Å²) in [6, 6.07) is 8.35. The Kier molecular flexibility index (Phi) is 8.40. The summed E-state index contributed by atoms with van der Waals surface area (Å²) in [6.07, 6.45) is 1.15. The van der Waals surface area contributed by atoms with E-state index in [0.717, 1.165) is 31.9 Å². The van der Waals surface area contributed by atoms with E-state index < -0.39 is 0 Å². The molecule has 0 saturated heterocycles. The van der Waals surface area contributed by atoms with Crippen LogP contribution in [0.4, 0.5) is 0 Å². The van der Waals surface area contributed by atoms with Gasteiger partial charge in [0.1, 0.15) is 11.9 Å². The lowest BCUT2D eigenvalue weighted by atomic mass is 10.1. The molecule has 0 spiro atoms. The predicted molar refractivity (Wildman–Crippen MR) is 89.0 cm³/mol. The highest BCUT2D eigenvalue weighted by molar-refractivity contribution is 5.27. The Balaban J connectivity index is 2.50. The summed E-state index contributed by atoms with van der Waals surface area (Å²) in [5.74, 6) is 2.09. The predicted octanol–water partition coefficient (Wildman–Crippen LogP) is 3.52. The molecule has 0 amide bonds. The molecule has 0 aromatic heterocycles. The lowest BCUT2D eigenvalue weighted by Crippen LogP contribution is -2.36. The van der Waals surface area contributed by atoms with Gasteiger partial charge in [0.25, 0.3) is 0 Å². The molecule has 1 rings (SSSR count).